The zero-order chi connectivity index (χ0) is 12.8. The third kappa shape index (κ3) is 4.24. The normalized spacial score (nSPS) is 12.2. The molecule has 0 spiro atoms. The van der Waals surface area contributed by atoms with E-state index >= 15 is 0 Å². The van der Waals surface area contributed by atoms with E-state index in [4.69, 9.17) is 22.1 Å². The summed E-state index contributed by atoms with van der Waals surface area (Å²) < 4.78 is 5.34. The molecule has 94 valence electrons. The van der Waals surface area contributed by atoms with Gasteiger partial charge in [-0.1, -0.05) is 24.6 Å². The van der Waals surface area contributed by atoms with E-state index in [-0.39, 0.29) is 0 Å². The highest BCUT2D eigenvalue weighted by Crippen LogP contribution is 2.26. The van der Waals surface area contributed by atoms with Crippen molar-refractivity contribution in [3.63, 3.8) is 0 Å². The van der Waals surface area contributed by atoms with Crippen LogP contribution in [-0.4, -0.2) is 18.6 Å². The fourth-order valence-corrected chi connectivity index (χ4v) is 1.52. The van der Waals surface area contributed by atoms with Crippen molar-refractivity contribution in [2.45, 2.75) is 26.5 Å². The van der Waals surface area contributed by atoms with E-state index in [9.17, 15) is 4.79 Å². The van der Waals surface area contributed by atoms with Crippen LogP contribution in [0.2, 0.25) is 5.02 Å². The lowest BCUT2D eigenvalue weighted by atomic mass is 10.2. The van der Waals surface area contributed by atoms with Crippen LogP contribution in [0.15, 0.2) is 18.2 Å². The van der Waals surface area contributed by atoms with Crippen LogP contribution in [0.25, 0.3) is 0 Å². The molecule has 0 radical (unpaired) electrons. The Hall–Kier alpha value is -1.26. The standard InChI is InChI=1S/C12H17ClN2O2/c1-3-15-7-9-4-5-11(10(13)6-9)17-8(2)12(14)16/h4-6,8,15H,3,7H2,1-2H3,(H2,14,16). The Labute approximate surface area is 106 Å². The van der Waals surface area contributed by atoms with Crippen molar-refractivity contribution in [3.8, 4) is 5.75 Å². The molecule has 3 N–H and O–H groups in total. The molecule has 4 nitrogen and oxygen atoms in total. The van der Waals surface area contributed by atoms with Crippen LogP contribution in [0.5, 0.6) is 5.75 Å². The molecule has 1 unspecified atom stereocenters. The smallest absolute Gasteiger partial charge is 0.258 e. The van der Waals surface area contributed by atoms with Crippen LogP contribution < -0.4 is 15.8 Å². The van der Waals surface area contributed by atoms with Crippen LogP contribution in [0.1, 0.15) is 19.4 Å². The molecule has 0 aliphatic heterocycles. The van der Waals surface area contributed by atoms with Crippen molar-refractivity contribution in [1.82, 2.24) is 5.32 Å². The number of halogens is 1. The number of rotatable bonds is 6. The summed E-state index contributed by atoms with van der Waals surface area (Å²) >= 11 is 6.05. The van der Waals surface area contributed by atoms with Gasteiger partial charge in [0.1, 0.15) is 5.75 Å². The Balaban J connectivity index is 2.72. The second-order valence-electron chi connectivity index (χ2n) is 3.71. The molecular formula is C12H17ClN2O2. The van der Waals surface area contributed by atoms with E-state index in [0.29, 0.717) is 10.8 Å². The molecule has 0 heterocycles. The van der Waals surface area contributed by atoms with Gasteiger partial charge in [0, 0.05) is 6.54 Å². The topological polar surface area (TPSA) is 64.3 Å². The third-order valence-corrected chi connectivity index (χ3v) is 2.58. The first kappa shape index (κ1) is 13.8. The van der Waals surface area contributed by atoms with Crippen molar-refractivity contribution >= 4 is 17.5 Å². The first-order valence-corrected chi connectivity index (χ1v) is 5.87. The second-order valence-corrected chi connectivity index (χ2v) is 4.11. The first-order chi connectivity index (χ1) is 8.04. The average Bonchev–Trinajstić information content (AvgIpc) is 2.29. The van der Waals surface area contributed by atoms with Crippen molar-refractivity contribution in [2.75, 3.05) is 6.54 Å². The van der Waals surface area contributed by atoms with E-state index in [0.717, 1.165) is 18.7 Å². The minimum absolute atomic E-state index is 0.471. The van der Waals surface area contributed by atoms with Gasteiger partial charge in [0.2, 0.25) is 0 Å². The molecular weight excluding hydrogens is 240 g/mol. The molecule has 1 aromatic rings. The number of primary amides is 1. The Morgan fingerprint density at radius 3 is 2.82 bits per heavy atom. The maximum Gasteiger partial charge on any atom is 0.258 e. The molecule has 1 atom stereocenters. The van der Waals surface area contributed by atoms with Crippen LogP contribution in [0, 0.1) is 0 Å². The number of hydrogen-bond donors (Lipinski definition) is 2. The van der Waals surface area contributed by atoms with Gasteiger partial charge in [-0.05, 0) is 31.2 Å². The fourth-order valence-electron chi connectivity index (χ4n) is 1.27. The summed E-state index contributed by atoms with van der Waals surface area (Å²) in [5, 5.41) is 3.68. The summed E-state index contributed by atoms with van der Waals surface area (Å²) in [5.74, 6) is -0.0454. The molecule has 17 heavy (non-hydrogen) atoms. The SMILES string of the molecule is CCNCc1ccc(OC(C)C(N)=O)c(Cl)c1. The lowest BCUT2D eigenvalue weighted by molar-refractivity contribution is -0.123. The van der Waals surface area contributed by atoms with Crippen LogP contribution >= 0.6 is 11.6 Å². The summed E-state index contributed by atoms with van der Waals surface area (Å²) in [4.78, 5) is 10.9. The highest BCUT2D eigenvalue weighted by molar-refractivity contribution is 6.32. The zero-order valence-corrected chi connectivity index (χ0v) is 10.8. The maximum absolute atomic E-state index is 10.9. The number of carbonyl (C=O) groups excluding carboxylic acids is 1. The van der Waals surface area contributed by atoms with Gasteiger partial charge in [-0.3, -0.25) is 4.79 Å². The second kappa shape index (κ2) is 6.47. The van der Waals surface area contributed by atoms with E-state index in [1.807, 2.05) is 19.1 Å². The van der Waals surface area contributed by atoms with Crippen molar-refractivity contribution in [2.24, 2.45) is 5.73 Å². The molecule has 0 aromatic heterocycles. The number of ether oxygens (including phenoxy) is 1. The van der Waals surface area contributed by atoms with E-state index < -0.39 is 12.0 Å². The Bertz CT molecular complexity index is 396. The van der Waals surface area contributed by atoms with Crippen molar-refractivity contribution in [1.29, 1.82) is 0 Å². The number of benzene rings is 1. The minimum Gasteiger partial charge on any atom is -0.479 e. The van der Waals surface area contributed by atoms with Gasteiger partial charge in [-0.15, -0.1) is 0 Å². The first-order valence-electron chi connectivity index (χ1n) is 5.49. The molecule has 0 bridgehead atoms. The molecule has 1 aromatic carbocycles. The van der Waals surface area contributed by atoms with E-state index in [2.05, 4.69) is 5.32 Å². The third-order valence-electron chi connectivity index (χ3n) is 2.28. The summed E-state index contributed by atoms with van der Waals surface area (Å²) in [7, 11) is 0. The highest BCUT2D eigenvalue weighted by Gasteiger charge is 2.12. The molecule has 0 fully saturated rings. The Morgan fingerprint density at radius 2 is 2.29 bits per heavy atom. The summed E-state index contributed by atoms with van der Waals surface area (Å²) in [6, 6.07) is 5.46. The monoisotopic (exact) mass is 256 g/mol. The van der Waals surface area contributed by atoms with Gasteiger partial charge >= 0.3 is 0 Å². The number of hydrogen-bond acceptors (Lipinski definition) is 3. The average molecular weight is 257 g/mol. The quantitative estimate of drug-likeness (QED) is 0.814. The van der Waals surface area contributed by atoms with Crippen LogP contribution in [0.4, 0.5) is 0 Å². The number of nitrogens with one attached hydrogen (secondary N) is 1. The molecule has 0 aliphatic rings. The lowest BCUT2D eigenvalue weighted by Gasteiger charge is -2.13. The van der Waals surface area contributed by atoms with Crippen LogP contribution in [0.3, 0.4) is 0 Å². The number of carbonyl (C=O) groups is 1. The molecule has 1 rings (SSSR count). The van der Waals surface area contributed by atoms with E-state index in [1.165, 1.54) is 0 Å². The van der Waals surface area contributed by atoms with Gasteiger partial charge in [-0.2, -0.15) is 0 Å². The van der Waals surface area contributed by atoms with Crippen LogP contribution in [-0.2, 0) is 11.3 Å². The zero-order valence-electron chi connectivity index (χ0n) is 10.00. The molecule has 0 saturated heterocycles. The lowest BCUT2D eigenvalue weighted by Crippen LogP contribution is -2.30. The highest BCUT2D eigenvalue weighted by atomic mass is 35.5. The summed E-state index contributed by atoms with van der Waals surface area (Å²) in [6.07, 6.45) is -0.688. The van der Waals surface area contributed by atoms with Gasteiger partial charge in [-0.25, -0.2) is 0 Å². The fraction of sp³-hybridized carbons (Fsp3) is 0.417. The maximum atomic E-state index is 10.9. The van der Waals surface area contributed by atoms with Gasteiger partial charge in [0.25, 0.3) is 5.91 Å². The summed E-state index contributed by atoms with van der Waals surface area (Å²) in [6.45, 7) is 5.27. The molecule has 5 heteroatoms. The molecule has 0 saturated carbocycles. The molecule has 1 amide bonds. The van der Waals surface area contributed by atoms with E-state index in [1.54, 1.807) is 13.0 Å². The molecule has 0 aliphatic carbocycles. The number of nitrogens with two attached hydrogens (primary N) is 1. The summed E-state index contributed by atoms with van der Waals surface area (Å²) in [5.41, 5.74) is 6.18. The van der Waals surface area contributed by atoms with Gasteiger partial charge in [0.05, 0.1) is 5.02 Å². The van der Waals surface area contributed by atoms with Crippen molar-refractivity contribution in [3.05, 3.63) is 28.8 Å². The Morgan fingerprint density at radius 1 is 1.59 bits per heavy atom. The number of amides is 1. The Kier molecular flexibility index (Phi) is 5.25. The largest absolute Gasteiger partial charge is 0.479 e. The van der Waals surface area contributed by atoms with Crippen molar-refractivity contribution < 1.29 is 9.53 Å². The predicted molar refractivity (Wildman–Crippen MR) is 68.1 cm³/mol. The van der Waals surface area contributed by atoms with Gasteiger partial charge < -0.3 is 15.8 Å². The minimum atomic E-state index is -0.688. The van der Waals surface area contributed by atoms with Gasteiger partial charge in [0.15, 0.2) is 6.10 Å². The predicted octanol–water partition coefficient (Wildman–Crippen LogP) is 1.70.